The summed E-state index contributed by atoms with van der Waals surface area (Å²) in [5.74, 6) is 0.638. The molecule has 0 aromatic carbocycles. The third-order valence-electron chi connectivity index (χ3n) is 1.92. The number of nitrogens with one attached hydrogen (secondary N) is 1. The van der Waals surface area contributed by atoms with Crippen LogP contribution in [0.4, 0.5) is 0 Å². The summed E-state index contributed by atoms with van der Waals surface area (Å²) in [5.41, 5.74) is 0. The van der Waals surface area contributed by atoms with Gasteiger partial charge in [-0.25, -0.2) is 0 Å². The summed E-state index contributed by atoms with van der Waals surface area (Å²) in [7, 11) is 0. The van der Waals surface area contributed by atoms with Crippen molar-refractivity contribution >= 4 is 17.5 Å². The van der Waals surface area contributed by atoms with Crippen LogP contribution in [0.15, 0.2) is 0 Å². The first kappa shape index (κ1) is 12.8. The molecule has 0 aliphatic rings. The Kier molecular flexibility index (Phi) is 9.66. The second-order valence-corrected chi connectivity index (χ2v) is 3.58. The first-order chi connectivity index (χ1) is 6.31. The van der Waals surface area contributed by atoms with E-state index in [0.29, 0.717) is 18.8 Å². The molecule has 0 heterocycles. The van der Waals surface area contributed by atoms with Gasteiger partial charge in [-0.1, -0.05) is 32.6 Å². The van der Waals surface area contributed by atoms with E-state index in [2.05, 4.69) is 12.2 Å². The van der Waals surface area contributed by atoms with Gasteiger partial charge in [0, 0.05) is 18.8 Å². The monoisotopic (exact) mass is 205 g/mol. The molecule has 0 rings (SSSR count). The van der Waals surface area contributed by atoms with Gasteiger partial charge in [0.15, 0.2) is 0 Å². The molecular weight excluding hydrogens is 186 g/mol. The topological polar surface area (TPSA) is 29.1 Å². The number of amides is 1. The predicted octanol–water partition coefficient (Wildman–Crippen LogP) is 2.70. The average Bonchev–Trinajstić information content (AvgIpc) is 2.14. The number of unbranched alkanes of at least 4 members (excludes halogenated alkanes) is 4. The Morgan fingerprint density at radius 2 is 1.92 bits per heavy atom. The minimum atomic E-state index is 0.136. The molecule has 3 heteroatoms. The van der Waals surface area contributed by atoms with E-state index >= 15 is 0 Å². The van der Waals surface area contributed by atoms with Crippen molar-refractivity contribution in [3.8, 4) is 0 Å². The van der Waals surface area contributed by atoms with Crippen LogP contribution in [0.2, 0.25) is 0 Å². The van der Waals surface area contributed by atoms with Crippen LogP contribution in [0.5, 0.6) is 0 Å². The van der Waals surface area contributed by atoms with Gasteiger partial charge in [0.25, 0.3) is 0 Å². The standard InChI is InChI=1S/C10H20ClNO/c1-2-3-4-5-6-7-10(13)12-9-8-11/h2-9H2,1H3,(H,12,13). The highest BCUT2D eigenvalue weighted by molar-refractivity contribution is 6.18. The molecule has 78 valence electrons. The maximum atomic E-state index is 11.1. The number of hydrogen-bond donors (Lipinski definition) is 1. The summed E-state index contributed by atoms with van der Waals surface area (Å²) in [6.07, 6.45) is 6.61. The molecule has 1 N–H and O–H groups in total. The smallest absolute Gasteiger partial charge is 0.220 e. The number of rotatable bonds is 8. The lowest BCUT2D eigenvalue weighted by molar-refractivity contribution is -0.121. The van der Waals surface area contributed by atoms with Gasteiger partial charge >= 0.3 is 0 Å². The number of halogens is 1. The Balaban J connectivity index is 3.08. The van der Waals surface area contributed by atoms with Crippen LogP contribution in [0.1, 0.15) is 45.4 Å². The molecule has 0 spiro atoms. The predicted molar refractivity (Wildman–Crippen MR) is 57.1 cm³/mol. The van der Waals surface area contributed by atoms with E-state index in [1.54, 1.807) is 0 Å². The summed E-state index contributed by atoms with van der Waals surface area (Å²) < 4.78 is 0. The van der Waals surface area contributed by atoms with Gasteiger partial charge in [-0.3, -0.25) is 4.79 Å². The fourth-order valence-corrected chi connectivity index (χ4v) is 1.26. The number of alkyl halides is 1. The van der Waals surface area contributed by atoms with Crippen molar-refractivity contribution in [3.63, 3.8) is 0 Å². The molecule has 0 aliphatic carbocycles. The van der Waals surface area contributed by atoms with Gasteiger partial charge in [0.05, 0.1) is 0 Å². The van der Waals surface area contributed by atoms with Crippen molar-refractivity contribution in [2.24, 2.45) is 0 Å². The minimum absolute atomic E-state index is 0.136. The van der Waals surface area contributed by atoms with Crippen LogP contribution in [-0.2, 0) is 4.79 Å². The Morgan fingerprint density at radius 1 is 1.23 bits per heavy atom. The Labute approximate surface area is 86.0 Å². The largest absolute Gasteiger partial charge is 0.355 e. The lowest BCUT2D eigenvalue weighted by Gasteiger charge is -2.02. The lowest BCUT2D eigenvalue weighted by atomic mass is 10.1. The van der Waals surface area contributed by atoms with Gasteiger partial charge in [-0.05, 0) is 6.42 Å². The zero-order chi connectivity index (χ0) is 9.94. The molecular formula is C10H20ClNO. The Bertz CT molecular complexity index is 128. The van der Waals surface area contributed by atoms with E-state index < -0.39 is 0 Å². The van der Waals surface area contributed by atoms with Crippen LogP contribution in [0.25, 0.3) is 0 Å². The van der Waals surface area contributed by atoms with Gasteiger partial charge < -0.3 is 5.32 Å². The molecule has 0 radical (unpaired) electrons. The van der Waals surface area contributed by atoms with Crippen molar-refractivity contribution in [1.29, 1.82) is 0 Å². The number of hydrogen-bond acceptors (Lipinski definition) is 1. The van der Waals surface area contributed by atoms with E-state index in [4.69, 9.17) is 11.6 Å². The van der Waals surface area contributed by atoms with Crippen molar-refractivity contribution in [1.82, 2.24) is 5.32 Å². The molecule has 0 saturated heterocycles. The van der Waals surface area contributed by atoms with Crippen LogP contribution >= 0.6 is 11.6 Å². The SMILES string of the molecule is CCCCCCCC(=O)NCCCl. The molecule has 13 heavy (non-hydrogen) atoms. The average molecular weight is 206 g/mol. The molecule has 0 bridgehead atoms. The molecule has 2 nitrogen and oxygen atoms in total. The molecule has 0 aromatic rings. The van der Waals surface area contributed by atoms with E-state index in [9.17, 15) is 4.79 Å². The van der Waals surface area contributed by atoms with Crippen LogP contribution in [-0.4, -0.2) is 18.3 Å². The first-order valence-electron chi connectivity index (χ1n) is 5.14. The van der Waals surface area contributed by atoms with E-state index in [1.807, 2.05) is 0 Å². The molecule has 0 atom stereocenters. The molecule has 0 fully saturated rings. The van der Waals surface area contributed by atoms with Crippen molar-refractivity contribution in [2.45, 2.75) is 45.4 Å². The molecule has 1 amide bonds. The summed E-state index contributed by atoms with van der Waals surface area (Å²) in [6.45, 7) is 2.78. The minimum Gasteiger partial charge on any atom is -0.355 e. The molecule has 0 saturated carbocycles. The van der Waals surface area contributed by atoms with Gasteiger partial charge in [0.1, 0.15) is 0 Å². The van der Waals surface area contributed by atoms with E-state index in [-0.39, 0.29) is 5.91 Å². The summed E-state index contributed by atoms with van der Waals surface area (Å²) in [5, 5.41) is 2.75. The highest BCUT2D eigenvalue weighted by atomic mass is 35.5. The summed E-state index contributed by atoms with van der Waals surface area (Å²) in [4.78, 5) is 11.1. The van der Waals surface area contributed by atoms with Gasteiger partial charge in [-0.15, -0.1) is 11.6 Å². The molecule has 0 aromatic heterocycles. The van der Waals surface area contributed by atoms with E-state index in [0.717, 1.165) is 6.42 Å². The second kappa shape index (κ2) is 9.85. The van der Waals surface area contributed by atoms with Crippen molar-refractivity contribution in [2.75, 3.05) is 12.4 Å². The van der Waals surface area contributed by atoms with Crippen molar-refractivity contribution in [3.05, 3.63) is 0 Å². The van der Waals surface area contributed by atoms with Crippen LogP contribution < -0.4 is 5.32 Å². The number of carbonyl (C=O) groups is 1. The quantitative estimate of drug-likeness (QED) is 0.479. The Hall–Kier alpha value is -0.240. The zero-order valence-corrected chi connectivity index (χ0v) is 9.20. The van der Waals surface area contributed by atoms with Crippen molar-refractivity contribution < 1.29 is 4.79 Å². The van der Waals surface area contributed by atoms with Crippen LogP contribution in [0.3, 0.4) is 0 Å². The first-order valence-corrected chi connectivity index (χ1v) is 5.67. The summed E-state index contributed by atoms with van der Waals surface area (Å²) >= 11 is 5.43. The normalized spacial score (nSPS) is 10.0. The highest BCUT2D eigenvalue weighted by Crippen LogP contribution is 2.04. The maximum Gasteiger partial charge on any atom is 0.220 e. The fourth-order valence-electron chi connectivity index (χ4n) is 1.16. The van der Waals surface area contributed by atoms with Crippen LogP contribution in [0, 0.1) is 0 Å². The second-order valence-electron chi connectivity index (χ2n) is 3.20. The molecule has 0 unspecified atom stereocenters. The lowest BCUT2D eigenvalue weighted by Crippen LogP contribution is -2.24. The maximum absolute atomic E-state index is 11.1. The molecule has 0 aliphatic heterocycles. The summed E-state index contributed by atoms with van der Waals surface area (Å²) in [6, 6.07) is 0. The number of carbonyl (C=O) groups excluding carboxylic acids is 1. The third kappa shape index (κ3) is 9.68. The third-order valence-corrected chi connectivity index (χ3v) is 2.11. The fraction of sp³-hybridized carbons (Fsp3) is 0.900. The Morgan fingerprint density at radius 3 is 2.54 bits per heavy atom. The van der Waals surface area contributed by atoms with Gasteiger partial charge in [-0.2, -0.15) is 0 Å². The van der Waals surface area contributed by atoms with Gasteiger partial charge in [0.2, 0.25) is 5.91 Å². The highest BCUT2D eigenvalue weighted by Gasteiger charge is 1.98. The van der Waals surface area contributed by atoms with E-state index in [1.165, 1.54) is 25.7 Å². The zero-order valence-electron chi connectivity index (χ0n) is 8.44.